The van der Waals surface area contributed by atoms with Crippen molar-refractivity contribution >= 4 is 49.8 Å². The van der Waals surface area contributed by atoms with E-state index in [0.717, 1.165) is 16.8 Å². The smallest absolute Gasteiger partial charge is 0.212 e. The number of nitrogens with two attached hydrogens (primary N) is 1. The minimum Gasteiger partial charge on any atom is -0.382 e. The van der Waals surface area contributed by atoms with Crippen molar-refractivity contribution in [2.45, 2.75) is 16.7 Å². The number of aryl methyl sites for hydroxylation is 1. The number of anilines is 2. The number of rotatable bonds is 5. The van der Waals surface area contributed by atoms with Gasteiger partial charge in [-0.25, -0.2) is 18.4 Å². The highest BCUT2D eigenvalue weighted by Crippen LogP contribution is 2.35. The molecule has 5 rings (SSSR count). The van der Waals surface area contributed by atoms with Crippen LogP contribution in [0.3, 0.4) is 0 Å². The monoisotopic (exact) mass is 484 g/mol. The topological polar surface area (TPSA) is 106 Å². The van der Waals surface area contributed by atoms with Gasteiger partial charge in [-0.2, -0.15) is 9.78 Å². The minimum atomic E-state index is -3.99. The fourth-order valence-corrected chi connectivity index (χ4v) is 5.31. The van der Waals surface area contributed by atoms with Crippen LogP contribution in [-0.2, 0) is 9.84 Å². The molecule has 0 saturated heterocycles. The van der Waals surface area contributed by atoms with Crippen LogP contribution < -0.4 is 10.6 Å². The molecule has 0 saturated carbocycles. The lowest BCUT2D eigenvalue weighted by Crippen LogP contribution is -2.08. The molecule has 5 aromatic rings. The second-order valence-electron chi connectivity index (χ2n) is 8.46. The van der Waals surface area contributed by atoms with E-state index in [-0.39, 0.29) is 26.8 Å². The molecule has 176 valence electrons. The second kappa shape index (κ2) is 8.52. The predicted molar refractivity (Wildman–Crippen MR) is 140 cm³/mol. The molecule has 0 spiro atoms. The molecule has 0 unspecified atom stereocenters. The van der Waals surface area contributed by atoms with Crippen LogP contribution in [-0.4, -0.2) is 43.4 Å². The van der Waals surface area contributed by atoms with Crippen LogP contribution in [0.15, 0.2) is 87.7 Å². The van der Waals surface area contributed by atoms with Crippen molar-refractivity contribution in [3.63, 3.8) is 0 Å². The summed E-state index contributed by atoms with van der Waals surface area (Å²) in [5.41, 5.74) is 10.9. The molecule has 0 aliphatic carbocycles. The molecular weight excluding hydrogens is 460 g/mol. The number of sulfone groups is 1. The number of aromatic nitrogens is 3. The highest BCUT2D eigenvalue weighted by molar-refractivity contribution is 7.92. The predicted octanol–water partition coefficient (Wildman–Crippen LogP) is 4.26. The summed E-state index contributed by atoms with van der Waals surface area (Å²) in [5, 5.41) is 4.51. The number of hydrogen-bond acceptors (Lipinski definition) is 7. The zero-order valence-corrected chi connectivity index (χ0v) is 20.4. The Morgan fingerprint density at radius 1 is 0.914 bits per heavy atom. The molecule has 0 fully saturated rings. The first-order chi connectivity index (χ1) is 16.8. The molecule has 9 heteroatoms. The lowest BCUT2D eigenvalue weighted by Gasteiger charge is -2.11. The molecule has 2 aromatic heterocycles. The van der Waals surface area contributed by atoms with E-state index in [1.165, 1.54) is 4.68 Å². The van der Waals surface area contributed by atoms with Gasteiger partial charge in [-0.15, -0.1) is 0 Å². The molecular formula is C26H24N6O2S. The SMILES string of the molecule is Cc1ccc(S(=O)(=O)c2c(N)n(/N=C\c3ccc(N(C)C)cc3)c3nc4ccccc4nc23)cc1. The van der Waals surface area contributed by atoms with Crippen LogP contribution >= 0.6 is 0 Å². The summed E-state index contributed by atoms with van der Waals surface area (Å²) in [6.07, 6.45) is 1.62. The second-order valence-corrected chi connectivity index (χ2v) is 10.3. The van der Waals surface area contributed by atoms with E-state index in [4.69, 9.17) is 5.73 Å². The maximum absolute atomic E-state index is 13.7. The third-order valence-electron chi connectivity index (χ3n) is 5.76. The Hall–Kier alpha value is -4.24. The third-order valence-corrected chi connectivity index (χ3v) is 7.59. The van der Waals surface area contributed by atoms with Crippen molar-refractivity contribution in [3.05, 3.63) is 83.9 Å². The summed E-state index contributed by atoms with van der Waals surface area (Å²) >= 11 is 0. The van der Waals surface area contributed by atoms with E-state index in [2.05, 4.69) is 15.1 Å². The fourth-order valence-electron chi connectivity index (χ4n) is 3.82. The first-order valence-electron chi connectivity index (χ1n) is 11.0. The zero-order valence-electron chi connectivity index (χ0n) is 19.5. The Morgan fingerprint density at radius 3 is 2.17 bits per heavy atom. The quantitative estimate of drug-likeness (QED) is 0.374. The van der Waals surface area contributed by atoms with Crippen molar-refractivity contribution < 1.29 is 8.42 Å². The zero-order chi connectivity index (χ0) is 24.7. The first-order valence-corrected chi connectivity index (χ1v) is 12.4. The van der Waals surface area contributed by atoms with E-state index >= 15 is 0 Å². The molecule has 35 heavy (non-hydrogen) atoms. The molecule has 0 aliphatic rings. The van der Waals surface area contributed by atoms with Gasteiger partial charge >= 0.3 is 0 Å². The molecule has 3 aromatic carbocycles. The molecule has 0 aliphatic heterocycles. The normalized spacial score (nSPS) is 12.1. The highest BCUT2D eigenvalue weighted by atomic mass is 32.2. The number of hydrogen-bond donors (Lipinski definition) is 1. The highest BCUT2D eigenvalue weighted by Gasteiger charge is 2.30. The first kappa shape index (κ1) is 22.5. The van der Waals surface area contributed by atoms with Crippen LogP contribution in [0.4, 0.5) is 11.5 Å². The van der Waals surface area contributed by atoms with Crippen molar-refractivity contribution in [1.29, 1.82) is 0 Å². The van der Waals surface area contributed by atoms with Crippen LogP contribution in [0, 0.1) is 6.92 Å². The Morgan fingerprint density at radius 2 is 1.54 bits per heavy atom. The summed E-state index contributed by atoms with van der Waals surface area (Å²) < 4.78 is 28.7. The number of fused-ring (bicyclic) bond motifs is 2. The van der Waals surface area contributed by atoms with Crippen LogP contribution in [0.25, 0.3) is 22.2 Å². The summed E-state index contributed by atoms with van der Waals surface area (Å²) in [5.74, 6) is -0.0444. The average Bonchev–Trinajstić information content (AvgIpc) is 3.12. The Labute approximate surface area is 203 Å². The van der Waals surface area contributed by atoms with Crippen molar-refractivity contribution in [2.75, 3.05) is 24.7 Å². The van der Waals surface area contributed by atoms with Gasteiger partial charge in [0.2, 0.25) is 9.84 Å². The van der Waals surface area contributed by atoms with E-state index in [9.17, 15) is 8.42 Å². The van der Waals surface area contributed by atoms with Gasteiger partial charge in [-0.3, -0.25) is 0 Å². The van der Waals surface area contributed by atoms with Crippen LogP contribution in [0.1, 0.15) is 11.1 Å². The third kappa shape index (κ3) is 4.00. The molecule has 0 atom stereocenters. The van der Waals surface area contributed by atoms with Gasteiger partial charge in [0, 0.05) is 19.8 Å². The maximum Gasteiger partial charge on any atom is 0.212 e. The molecule has 0 radical (unpaired) electrons. The summed E-state index contributed by atoms with van der Waals surface area (Å²) in [6, 6.07) is 21.7. The summed E-state index contributed by atoms with van der Waals surface area (Å²) in [6.45, 7) is 1.90. The maximum atomic E-state index is 13.7. The molecule has 0 amide bonds. The molecule has 0 bridgehead atoms. The summed E-state index contributed by atoms with van der Waals surface area (Å²) in [7, 11) is -0.0526. The lowest BCUT2D eigenvalue weighted by molar-refractivity contribution is 0.597. The number of para-hydroxylation sites is 2. The summed E-state index contributed by atoms with van der Waals surface area (Å²) in [4.78, 5) is 11.3. The fraction of sp³-hybridized carbons (Fsp3) is 0.115. The van der Waals surface area contributed by atoms with E-state index in [1.54, 1.807) is 36.5 Å². The van der Waals surface area contributed by atoms with Gasteiger partial charge in [0.15, 0.2) is 5.65 Å². The average molecular weight is 485 g/mol. The van der Waals surface area contributed by atoms with Gasteiger partial charge in [-0.05, 0) is 48.9 Å². The van der Waals surface area contributed by atoms with Gasteiger partial charge in [0.1, 0.15) is 16.2 Å². The van der Waals surface area contributed by atoms with Crippen molar-refractivity contribution in [1.82, 2.24) is 14.6 Å². The Bertz CT molecular complexity index is 1690. The van der Waals surface area contributed by atoms with E-state index < -0.39 is 9.84 Å². The van der Waals surface area contributed by atoms with Crippen LogP contribution in [0.2, 0.25) is 0 Å². The largest absolute Gasteiger partial charge is 0.382 e. The van der Waals surface area contributed by atoms with Crippen LogP contribution in [0.5, 0.6) is 0 Å². The van der Waals surface area contributed by atoms with Gasteiger partial charge in [0.05, 0.1) is 22.1 Å². The minimum absolute atomic E-state index is 0.0444. The Balaban J connectivity index is 1.72. The Kier molecular flexibility index (Phi) is 5.49. The van der Waals surface area contributed by atoms with Gasteiger partial charge in [0.25, 0.3) is 0 Å². The lowest BCUT2D eigenvalue weighted by atomic mass is 10.2. The van der Waals surface area contributed by atoms with Crippen molar-refractivity contribution in [3.8, 4) is 0 Å². The molecule has 2 N–H and O–H groups in total. The van der Waals surface area contributed by atoms with Gasteiger partial charge in [-0.1, -0.05) is 42.0 Å². The number of benzene rings is 3. The van der Waals surface area contributed by atoms with Crippen molar-refractivity contribution in [2.24, 2.45) is 5.10 Å². The van der Waals surface area contributed by atoms with E-state index in [0.29, 0.717) is 11.0 Å². The van der Waals surface area contributed by atoms with E-state index in [1.807, 2.05) is 68.4 Å². The number of nitrogens with zero attached hydrogens (tertiary/aromatic N) is 5. The standard InChI is InChI=1S/C26H24N6O2S/c1-17-8-14-20(15-9-17)35(33,34)24-23-26(30-22-7-5-4-6-21(22)29-23)32(25(24)27)28-16-18-10-12-19(13-11-18)31(2)3/h4-16H,27H2,1-3H3/b28-16-. The number of nitrogen functional groups attached to an aromatic ring is 1. The van der Waals surface area contributed by atoms with Gasteiger partial charge < -0.3 is 10.6 Å². The molecule has 8 nitrogen and oxygen atoms in total. The molecule has 2 heterocycles.